The summed E-state index contributed by atoms with van der Waals surface area (Å²) in [6.45, 7) is -0.180. The number of aliphatic hydroxyl groups is 1. The molecule has 0 radical (unpaired) electrons. The third-order valence-electron chi connectivity index (χ3n) is 2.34. The second kappa shape index (κ2) is 5.60. The van der Waals surface area contributed by atoms with Gasteiger partial charge in [-0.05, 0) is 35.5 Å². The van der Waals surface area contributed by atoms with E-state index in [2.05, 4.69) is 10.1 Å². The lowest BCUT2D eigenvalue weighted by Crippen LogP contribution is -2.33. The van der Waals surface area contributed by atoms with Crippen molar-refractivity contribution in [1.82, 2.24) is 14.8 Å². The topological polar surface area (TPSA) is 88.0 Å². The summed E-state index contributed by atoms with van der Waals surface area (Å²) in [5.74, 6) is 0. The van der Waals surface area contributed by atoms with Crippen LogP contribution in [-0.2, 0) is 13.7 Å². The Hall–Kier alpha value is -1.57. The number of nitrogens with zero attached hydrogens (tertiary/aromatic N) is 2. The third kappa shape index (κ3) is 3.06. The minimum atomic E-state index is -0.847. The van der Waals surface area contributed by atoms with Gasteiger partial charge in [-0.1, -0.05) is 11.6 Å². The zero-order chi connectivity index (χ0) is 14.0. The van der Waals surface area contributed by atoms with Crippen LogP contribution in [-0.4, -0.2) is 19.9 Å². The number of H-pyrrole nitrogens is 1. The molecule has 0 aliphatic rings. The molecule has 8 heteroatoms. The first-order valence-electron chi connectivity index (χ1n) is 5.25. The molecule has 0 fully saturated rings. The summed E-state index contributed by atoms with van der Waals surface area (Å²) in [5, 5.41) is 12.5. The molecule has 2 rings (SSSR count). The molecule has 2 aromatic rings. The van der Waals surface area contributed by atoms with Gasteiger partial charge < -0.3 is 5.11 Å². The first-order chi connectivity index (χ1) is 9.01. The second-order valence-electron chi connectivity index (χ2n) is 3.71. The third-order valence-corrected chi connectivity index (χ3v) is 3.74. The highest BCUT2D eigenvalue weighted by Crippen LogP contribution is 2.29. The van der Waals surface area contributed by atoms with Crippen LogP contribution in [0, 0.1) is 0 Å². The molecule has 6 nitrogen and oxygen atoms in total. The second-order valence-corrected chi connectivity index (χ2v) is 5.16. The summed E-state index contributed by atoms with van der Waals surface area (Å²) in [6.07, 6.45) is 0. The van der Waals surface area contributed by atoms with Gasteiger partial charge in [0.1, 0.15) is 0 Å². The molecule has 0 amide bonds. The highest BCUT2D eigenvalue weighted by atomic mass is 35.5. The number of aromatic nitrogens is 3. The van der Waals surface area contributed by atoms with Crippen molar-refractivity contribution >= 4 is 23.4 Å². The Morgan fingerprint density at radius 2 is 2.21 bits per heavy atom. The highest BCUT2D eigenvalue weighted by Gasteiger charge is 2.09. The number of nitrogens with one attached hydrogen (secondary N) is 1. The fraction of sp³-hybridized carbons (Fsp3) is 0.182. The van der Waals surface area contributed by atoms with E-state index in [1.54, 1.807) is 25.2 Å². The van der Waals surface area contributed by atoms with Crippen LogP contribution < -0.4 is 11.1 Å². The maximum atomic E-state index is 11.2. The number of rotatable bonds is 3. The van der Waals surface area contributed by atoms with Gasteiger partial charge in [0.2, 0.25) is 0 Å². The molecule has 19 heavy (non-hydrogen) atoms. The molecule has 0 spiro atoms. The van der Waals surface area contributed by atoms with E-state index in [0.717, 1.165) is 11.8 Å². The number of hydrogen-bond donors (Lipinski definition) is 2. The molecule has 0 saturated carbocycles. The van der Waals surface area contributed by atoms with Crippen molar-refractivity contribution in [2.24, 2.45) is 7.05 Å². The van der Waals surface area contributed by atoms with Crippen LogP contribution in [0.15, 0.2) is 37.8 Å². The van der Waals surface area contributed by atoms with Gasteiger partial charge in [-0.15, -0.1) is 0 Å². The number of hydrogen-bond acceptors (Lipinski definition) is 5. The van der Waals surface area contributed by atoms with E-state index in [1.165, 1.54) is 4.68 Å². The van der Waals surface area contributed by atoms with Crippen LogP contribution in [0.2, 0.25) is 5.02 Å². The van der Waals surface area contributed by atoms with Crippen LogP contribution in [0.1, 0.15) is 5.56 Å². The van der Waals surface area contributed by atoms with Crippen molar-refractivity contribution < 1.29 is 5.11 Å². The summed E-state index contributed by atoms with van der Waals surface area (Å²) >= 11 is 7.00. The van der Waals surface area contributed by atoms with Crippen molar-refractivity contribution in [1.29, 1.82) is 0 Å². The molecule has 0 aliphatic carbocycles. The first-order valence-corrected chi connectivity index (χ1v) is 6.45. The van der Waals surface area contributed by atoms with Gasteiger partial charge in [0.05, 0.1) is 6.61 Å². The SMILES string of the molecule is Cn1[nH]c(=O)c(=O)nc1Sc1ccc(Cl)cc1CO. The van der Waals surface area contributed by atoms with Crippen LogP contribution in [0.4, 0.5) is 0 Å². The van der Waals surface area contributed by atoms with Crippen molar-refractivity contribution in [3.05, 3.63) is 49.5 Å². The fourth-order valence-corrected chi connectivity index (χ4v) is 2.51. The summed E-state index contributed by atoms with van der Waals surface area (Å²) in [6, 6.07) is 5.02. The molecule has 1 aromatic heterocycles. The molecule has 1 heterocycles. The Morgan fingerprint density at radius 3 is 2.89 bits per heavy atom. The van der Waals surface area contributed by atoms with E-state index in [1.807, 2.05) is 0 Å². The predicted octanol–water partition coefficient (Wildman–Crippen LogP) is 0.765. The van der Waals surface area contributed by atoms with Gasteiger partial charge in [-0.3, -0.25) is 19.4 Å². The Balaban J connectivity index is 2.44. The molecule has 0 bridgehead atoms. The monoisotopic (exact) mass is 299 g/mol. The van der Waals surface area contributed by atoms with Crippen LogP contribution in [0.3, 0.4) is 0 Å². The lowest BCUT2D eigenvalue weighted by Gasteiger charge is -2.09. The smallest absolute Gasteiger partial charge is 0.339 e. The van der Waals surface area contributed by atoms with Gasteiger partial charge in [-0.2, -0.15) is 4.98 Å². The minimum Gasteiger partial charge on any atom is -0.392 e. The predicted molar refractivity (Wildman–Crippen MR) is 71.6 cm³/mol. The quantitative estimate of drug-likeness (QED) is 0.817. The molecular formula is C11H10ClN3O3S. The van der Waals surface area contributed by atoms with Gasteiger partial charge in [-0.25, -0.2) is 0 Å². The molecule has 1 aromatic carbocycles. The zero-order valence-electron chi connectivity index (χ0n) is 9.88. The molecule has 0 saturated heterocycles. The van der Waals surface area contributed by atoms with Gasteiger partial charge >= 0.3 is 11.1 Å². The molecule has 0 atom stereocenters. The van der Waals surface area contributed by atoms with E-state index >= 15 is 0 Å². The Labute approximate surface area is 117 Å². The lowest BCUT2D eigenvalue weighted by molar-refractivity contribution is 0.279. The lowest BCUT2D eigenvalue weighted by atomic mass is 10.2. The van der Waals surface area contributed by atoms with Crippen LogP contribution in [0.5, 0.6) is 0 Å². The maximum Gasteiger partial charge on any atom is 0.339 e. The van der Waals surface area contributed by atoms with Crippen molar-refractivity contribution in [2.45, 2.75) is 16.7 Å². The summed E-state index contributed by atoms with van der Waals surface area (Å²) in [5.41, 5.74) is -0.997. The molecule has 100 valence electrons. The van der Waals surface area contributed by atoms with Crippen LogP contribution in [0.25, 0.3) is 0 Å². The Bertz CT molecular complexity index is 726. The number of halogens is 1. The van der Waals surface area contributed by atoms with E-state index in [4.69, 9.17) is 11.6 Å². The summed E-state index contributed by atoms with van der Waals surface area (Å²) in [4.78, 5) is 26.7. The number of aryl methyl sites for hydroxylation is 1. The van der Waals surface area contributed by atoms with E-state index < -0.39 is 11.1 Å². The van der Waals surface area contributed by atoms with Crippen molar-refractivity contribution in [2.75, 3.05) is 0 Å². The van der Waals surface area contributed by atoms with Gasteiger partial charge in [0, 0.05) is 17.0 Å². The van der Waals surface area contributed by atoms with Crippen molar-refractivity contribution in [3.8, 4) is 0 Å². The standard InChI is InChI=1S/C11H10ClN3O3S/c1-15-11(13-9(17)10(18)14-15)19-8-3-2-7(12)4-6(8)5-16/h2-4,16H,5H2,1H3,(H,14,18). The van der Waals surface area contributed by atoms with E-state index in [9.17, 15) is 14.7 Å². The number of aliphatic hydroxyl groups excluding tert-OH is 1. The van der Waals surface area contributed by atoms with Gasteiger partial charge in [0.25, 0.3) is 0 Å². The summed E-state index contributed by atoms with van der Waals surface area (Å²) < 4.78 is 1.35. The van der Waals surface area contributed by atoms with E-state index in [-0.39, 0.29) is 6.61 Å². The molecular weight excluding hydrogens is 290 g/mol. The molecule has 0 aliphatic heterocycles. The zero-order valence-corrected chi connectivity index (χ0v) is 11.5. The summed E-state index contributed by atoms with van der Waals surface area (Å²) in [7, 11) is 1.57. The Morgan fingerprint density at radius 1 is 1.47 bits per heavy atom. The largest absolute Gasteiger partial charge is 0.392 e. The highest BCUT2D eigenvalue weighted by molar-refractivity contribution is 7.99. The average Bonchev–Trinajstić information content (AvgIpc) is 2.37. The number of aromatic amines is 1. The van der Waals surface area contributed by atoms with Gasteiger partial charge in [0.15, 0.2) is 5.16 Å². The molecule has 2 N–H and O–H groups in total. The Kier molecular flexibility index (Phi) is 4.08. The van der Waals surface area contributed by atoms with Crippen LogP contribution >= 0.6 is 23.4 Å². The maximum absolute atomic E-state index is 11.2. The molecule has 0 unspecified atom stereocenters. The van der Waals surface area contributed by atoms with E-state index in [0.29, 0.717) is 20.6 Å². The average molecular weight is 300 g/mol. The first kappa shape index (κ1) is 13.9. The normalized spacial score (nSPS) is 10.7. The minimum absolute atomic E-state index is 0.180. The van der Waals surface area contributed by atoms with Crippen molar-refractivity contribution in [3.63, 3.8) is 0 Å². The number of benzene rings is 1. The fourth-order valence-electron chi connectivity index (χ4n) is 1.42.